The minimum Gasteiger partial charge on any atom is -0.366 e. The Hall–Kier alpha value is -1.92. The second-order valence-electron chi connectivity index (χ2n) is 7.05. The molecule has 6 heteroatoms. The molecule has 134 valence electrons. The Morgan fingerprint density at radius 2 is 1.88 bits per heavy atom. The third-order valence-corrected chi connectivity index (χ3v) is 5.39. The highest BCUT2D eigenvalue weighted by molar-refractivity contribution is 5.96. The number of nitrogens with zero attached hydrogens (tertiary/aromatic N) is 3. The number of benzene rings is 1. The zero-order valence-corrected chi connectivity index (χ0v) is 14.5. The highest BCUT2D eigenvalue weighted by atomic mass is 16.5. The van der Waals surface area contributed by atoms with Crippen LogP contribution in [0.1, 0.15) is 18.4 Å². The van der Waals surface area contributed by atoms with Crippen LogP contribution in [-0.2, 0) is 20.7 Å². The molecule has 3 aliphatic heterocycles. The van der Waals surface area contributed by atoms with E-state index in [1.165, 1.54) is 5.56 Å². The lowest BCUT2D eigenvalue weighted by molar-refractivity contribution is -0.149. The number of rotatable bonds is 3. The average Bonchev–Trinajstić information content (AvgIpc) is 3.31. The van der Waals surface area contributed by atoms with Crippen LogP contribution in [-0.4, -0.2) is 73.6 Å². The van der Waals surface area contributed by atoms with Crippen molar-refractivity contribution >= 4 is 17.5 Å². The zero-order chi connectivity index (χ0) is 17.2. The van der Waals surface area contributed by atoms with E-state index in [4.69, 9.17) is 4.74 Å². The van der Waals surface area contributed by atoms with Crippen molar-refractivity contribution in [1.82, 2.24) is 9.80 Å². The summed E-state index contributed by atoms with van der Waals surface area (Å²) in [4.78, 5) is 31.1. The van der Waals surface area contributed by atoms with E-state index in [1.54, 1.807) is 0 Å². The normalized spacial score (nSPS) is 23.8. The van der Waals surface area contributed by atoms with Crippen molar-refractivity contribution in [2.24, 2.45) is 0 Å². The summed E-state index contributed by atoms with van der Waals surface area (Å²) in [5.41, 5.74) is 2.27. The van der Waals surface area contributed by atoms with Gasteiger partial charge in [-0.15, -0.1) is 0 Å². The lowest BCUT2D eigenvalue weighted by Gasteiger charge is -2.34. The highest BCUT2D eigenvalue weighted by Crippen LogP contribution is 2.27. The van der Waals surface area contributed by atoms with E-state index in [0.717, 1.165) is 44.6 Å². The number of hydrogen-bond donors (Lipinski definition) is 0. The lowest BCUT2D eigenvalue weighted by Crippen LogP contribution is -2.52. The van der Waals surface area contributed by atoms with Crippen molar-refractivity contribution in [3.05, 3.63) is 29.8 Å². The smallest absolute Gasteiger partial charge is 0.253 e. The van der Waals surface area contributed by atoms with Crippen LogP contribution in [0.4, 0.5) is 5.69 Å². The highest BCUT2D eigenvalue weighted by Gasteiger charge is 2.33. The minimum atomic E-state index is -0.425. The molecule has 0 aliphatic carbocycles. The molecule has 1 aromatic carbocycles. The van der Waals surface area contributed by atoms with Crippen molar-refractivity contribution in [2.75, 3.05) is 50.8 Å². The van der Waals surface area contributed by atoms with E-state index in [1.807, 2.05) is 28.0 Å². The van der Waals surface area contributed by atoms with Crippen molar-refractivity contribution in [2.45, 2.75) is 25.4 Å². The summed E-state index contributed by atoms with van der Waals surface area (Å²) in [6.07, 6.45) is 2.65. The molecule has 1 atom stereocenters. The number of para-hydroxylation sites is 1. The Kier molecular flexibility index (Phi) is 4.72. The van der Waals surface area contributed by atoms with Crippen LogP contribution in [0.25, 0.3) is 0 Å². The number of morpholine rings is 1. The van der Waals surface area contributed by atoms with Gasteiger partial charge in [0.2, 0.25) is 5.91 Å². The molecule has 0 radical (unpaired) electrons. The number of anilines is 1. The zero-order valence-electron chi connectivity index (χ0n) is 14.5. The van der Waals surface area contributed by atoms with Gasteiger partial charge in [-0.25, -0.2) is 0 Å². The van der Waals surface area contributed by atoms with Crippen molar-refractivity contribution < 1.29 is 14.3 Å². The number of fused-ring (bicyclic) bond motifs is 1. The van der Waals surface area contributed by atoms with Crippen molar-refractivity contribution in [3.63, 3.8) is 0 Å². The van der Waals surface area contributed by atoms with Gasteiger partial charge in [-0.05, 0) is 30.9 Å². The van der Waals surface area contributed by atoms with Crippen LogP contribution in [0.2, 0.25) is 0 Å². The number of amides is 2. The topological polar surface area (TPSA) is 53.1 Å². The van der Waals surface area contributed by atoms with E-state index < -0.39 is 6.10 Å². The predicted octanol–water partition coefficient (Wildman–Crippen LogP) is 0.899. The van der Waals surface area contributed by atoms with Gasteiger partial charge in [0.25, 0.3) is 5.91 Å². The maximum atomic E-state index is 12.8. The molecule has 2 fully saturated rings. The number of likely N-dealkylation sites (tertiary alicyclic amines) is 1. The molecule has 2 saturated heterocycles. The molecular formula is C19H25N3O3. The van der Waals surface area contributed by atoms with Gasteiger partial charge in [0.05, 0.1) is 13.2 Å². The maximum absolute atomic E-state index is 12.8. The molecule has 0 aromatic heterocycles. The van der Waals surface area contributed by atoms with Gasteiger partial charge in [-0.2, -0.15) is 0 Å². The van der Waals surface area contributed by atoms with Crippen LogP contribution in [0.15, 0.2) is 24.3 Å². The third-order valence-electron chi connectivity index (χ3n) is 5.39. The first-order valence-electron chi connectivity index (χ1n) is 9.23. The van der Waals surface area contributed by atoms with Gasteiger partial charge in [0.1, 0.15) is 6.10 Å². The molecule has 0 N–H and O–H groups in total. The molecule has 1 unspecified atom stereocenters. The van der Waals surface area contributed by atoms with Crippen LogP contribution in [0, 0.1) is 0 Å². The fraction of sp³-hybridized carbons (Fsp3) is 0.579. The molecule has 4 rings (SSSR count). The number of ether oxygens (including phenoxy) is 1. The Morgan fingerprint density at radius 3 is 2.72 bits per heavy atom. The van der Waals surface area contributed by atoms with E-state index in [-0.39, 0.29) is 11.8 Å². The van der Waals surface area contributed by atoms with Gasteiger partial charge in [0.15, 0.2) is 0 Å². The average molecular weight is 343 g/mol. The molecule has 6 nitrogen and oxygen atoms in total. The third kappa shape index (κ3) is 3.41. The minimum absolute atomic E-state index is 0.0844. The molecule has 0 saturated carbocycles. The van der Waals surface area contributed by atoms with Gasteiger partial charge >= 0.3 is 0 Å². The number of hydrogen-bond acceptors (Lipinski definition) is 4. The lowest BCUT2D eigenvalue weighted by atomic mass is 10.2. The molecule has 3 aliphatic rings. The molecule has 0 spiro atoms. The molecule has 1 aromatic rings. The fourth-order valence-corrected chi connectivity index (χ4v) is 4.01. The first-order valence-corrected chi connectivity index (χ1v) is 9.23. The summed E-state index contributed by atoms with van der Waals surface area (Å²) in [5.74, 6) is 0.195. The Balaban J connectivity index is 1.36. The summed E-state index contributed by atoms with van der Waals surface area (Å²) < 4.78 is 5.69. The van der Waals surface area contributed by atoms with Gasteiger partial charge in [0, 0.05) is 38.4 Å². The monoisotopic (exact) mass is 343 g/mol. The summed E-state index contributed by atoms with van der Waals surface area (Å²) >= 11 is 0. The first kappa shape index (κ1) is 16.5. The molecule has 3 heterocycles. The first-order chi connectivity index (χ1) is 12.2. The SMILES string of the molecule is O=C(C1CN(CC(=O)N2CCc3ccccc32)CCO1)N1CCCC1. The quantitative estimate of drug-likeness (QED) is 0.818. The summed E-state index contributed by atoms with van der Waals surface area (Å²) in [7, 11) is 0. The molecule has 0 bridgehead atoms. The van der Waals surface area contributed by atoms with Crippen LogP contribution in [0.5, 0.6) is 0 Å². The second kappa shape index (κ2) is 7.14. The van der Waals surface area contributed by atoms with E-state index in [0.29, 0.717) is 26.2 Å². The summed E-state index contributed by atoms with van der Waals surface area (Å²) in [5, 5.41) is 0. The number of carbonyl (C=O) groups excluding carboxylic acids is 2. The van der Waals surface area contributed by atoms with E-state index in [9.17, 15) is 9.59 Å². The largest absolute Gasteiger partial charge is 0.366 e. The van der Waals surface area contributed by atoms with Crippen molar-refractivity contribution in [3.8, 4) is 0 Å². The Labute approximate surface area is 148 Å². The van der Waals surface area contributed by atoms with Gasteiger partial charge in [-0.3, -0.25) is 14.5 Å². The maximum Gasteiger partial charge on any atom is 0.253 e. The van der Waals surface area contributed by atoms with Crippen molar-refractivity contribution in [1.29, 1.82) is 0 Å². The van der Waals surface area contributed by atoms with Gasteiger partial charge < -0.3 is 14.5 Å². The summed E-state index contributed by atoms with van der Waals surface area (Å²) in [6.45, 7) is 4.49. The molecule has 25 heavy (non-hydrogen) atoms. The second-order valence-corrected chi connectivity index (χ2v) is 7.05. The molecular weight excluding hydrogens is 318 g/mol. The molecule has 2 amide bonds. The number of carbonyl (C=O) groups is 2. The van der Waals surface area contributed by atoms with E-state index >= 15 is 0 Å². The predicted molar refractivity (Wildman–Crippen MR) is 94.5 cm³/mol. The van der Waals surface area contributed by atoms with E-state index in [2.05, 4.69) is 11.0 Å². The Morgan fingerprint density at radius 1 is 1.08 bits per heavy atom. The van der Waals surface area contributed by atoms with Crippen LogP contribution >= 0.6 is 0 Å². The van der Waals surface area contributed by atoms with Crippen LogP contribution < -0.4 is 4.90 Å². The van der Waals surface area contributed by atoms with Crippen LogP contribution in [0.3, 0.4) is 0 Å². The van der Waals surface area contributed by atoms with Gasteiger partial charge in [-0.1, -0.05) is 18.2 Å². The standard InChI is InChI=1S/C19H25N3O3/c23-18(22-10-7-15-5-1-2-6-16(15)22)14-20-11-12-25-17(13-20)19(24)21-8-3-4-9-21/h1-2,5-6,17H,3-4,7-14H2. The fourth-order valence-electron chi connectivity index (χ4n) is 4.01. The Bertz CT molecular complexity index is 657. The summed E-state index contributed by atoms with van der Waals surface area (Å²) in [6, 6.07) is 8.09.